The molecule has 0 aliphatic carbocycles. The molecule has 1 aromatic rings. The highest BCUT2D eigenvalue weighted by atomic mass is 16.4. The minimum absolute atomic E-state index is 0.110. The SMILES string of the molecule is CN(C)C(=O)c1ccc(C(=O)N2CCC(C(=O)O)CC2)cc1. The van der Waals surface area contributed by atoms with Crippen molar-refractivity contribution in [1.29, 1.82) is 0 Å². The molecular formula is C16H20N2O4. The predicted molar refractivity (Wildman–Crippen MR) is 80.7 cm³/mol. The van der Waals surface area contributed by atoms with Crippen molar-refractivity contribution in [3.05, 3.63) is 35.4 Å². The average molecular weight is 304 g/mol. The molecule has 0 radical (unpaired) electrons. The topological polar surface area (TPSA) is 77.9 Å². The third-order valence-corrected chi connectivity index (χ3v) is 3.92. The fourth-order valence-corrected chi connectivity index (χ4v) is 2.53. The van der Waals surface area contributed by atoms with Gasteiger partial charge in [-0.05, 0) is 37.1 Å². The van der Waals surface area contributed by atoms with Crippen LogP contribution < -0.4 is 0 Å². The van der Waals surface area contributed by atoms with E-state index in [1.165, 1.54) is 4.90 Å². The van der Waals surface area contributed by atoms with E-state index in [4.69, 9.17) is 5.11 Å². The summed E-state index contributed by atoms with van der Waals surface area (Å²) in [7, 11) is 3.35. The Morgan fingerprint density at radius 3 is 2.00 bits per heavy atom. The van der Waals surface area contributed by atoms with Gasteiger partial charge in [0.25, 0.3) is 11.8 Å². The first-order valence-corrected chi connectivity index (χ1v) is 7.24. The first kappa shape index (κ1) is 16.0. The van der Waals surface area contributed by atoms with Crippen molar-refractivity contribution in [2.24, 2.45) is 5.92 Å². The number of piperidine rings is 1. The summed E-state index contributed by atoms with van der Waals surface area (Å²) in [5, 5.41) is 8.97. The second-order valence-electron chi connectivity index (χ2n) is 5.68. The number of aliphatic carboxylic acids is 1. The van der Waals surface area contributed by atoms with Crippen molar-refractivity contribution in [3.8, 4) is 0 Å². The van der Waals surface area contributed by atoms with Gasteiger partial charge >= 0.3 is 5.97 Å². The fourth-order valence-electron chi connectivity index (χ4n) is 2.53. The molecule has 0 saturated carbocycles. The molecule has 1 aromatic carbocycles. The molecule has 1 fully saturated rings. The van der Waals surface area contributed by atoms with E-state index in [2.05, 4.69) is 0 Å². The monoisotopic (exact) mass is 304 g/mol. The van der Waals surface area contributed by atoms with Crippen LogP contribution in [0.3, 0.4) is 0 Å². The number of benzene rings is 1. The number of carbonyl (C=O) groups excluding carboxylic acids is 2. The normalized spacial score (nSPS) is 15.5. The molecule has 0 atom stereocenters. The zero-order valence-corrected chi connectivity index (χ0v) is 12.8. The van der Waals surface area contributed by atoms with Crippen LogP contribution in [0.25, 0.3) is 0 Å². The molecule has 2 rings (SSSR count). The minimum atomic E-state index is -0.793. The van der Waals surface area contributed by atoms with Crippen LogP contribution in [0.2, 0.25) is 0 Å². The Morgan fingerprint density at radius 1 is 1.05 bits per heavy atom. The first-order valence-electron chi connectivity index (χ1n) is 7.24. The summed E-state index contributed by atoms with van der Waals surface area (Å²) in [6, 6.07) is 6.56. The summed E-state index contributed by atoms with van der Waals surface area (Å²) in [4.78, 5) is 38.2. The maximum atomic E-state index is 12.4. The standard InChI is InChI=1S/C16H20N2O4/c1-17(2)14(19)11-3-5-12(6-4-11)15(20)18-9-7-13(8-10-18)16(21)22/h3-6,13H,7-10H2,1-2H3,(H,21,22). The number of hydrogen-bond donors (Lipinski definition) is 1. The van der Waals surface area contributed by atoms with Crippen LogP contribution in [0.5, 0.6) is 0 Å². The molecular weight excluding hydrogens is 284 g/mol. The largest absolute Gasteiger partial charge is 0.481 e. The van der Waals surface area contributed by atoms with Gasteiger partial charge in [0.1, 0.15) is 0 Å². The number of hydrogen-bond acceptors (Lipinski definition) is 3. The Balaban J connectivity index is 2.02. The number of likely N-dealkylation sites (tertiary alicyclic amines) is 1. The molecule has 0 bridgehead atoms. The van der Waals surface area contributed by atoms with Crippen LogP contribution in [0.1, 0.15) is 33.6 Å². The third kappa shape index (κ3) is 3.44. The first-order chi connectivity index (χ1) is 10.4. The lowest BCUT2D eigenvalue weighted by Crippen LogP contribution is -2.40. The van der Waals surface area contributed by atoms with Crippen molar-refractivity contribution in [3.63, 3.8) is 0 Å². The summed E-state index contributed by atoms with van der Waals surface area (Å²) in [6.45, 7) is 0.905. The lowest BCUT2D eigenvalue weighted by molar-refractivity contribution is -0.143. The number of amides is 2. The summed E-state index contributed by atoms with van der Waals surface area (Å²) in [6.07, 6.45) is 0.969. The van der Waals surface area contributed by atoms with E-state index in [-0.39, 0.29) is 17.7 Å². The summed E-state index contributed by atoms with van der Waals surface area (Å²) >= 11 is 0. The van der Waals surface area contributed by atoms with Gasteiger partial charge in [-0.25, -0.2) is 0 Å². The van der Waals surface area contributed by atoms with Crippen LogP contribution in [0.4, 0.5) is 0 Å². The van der Waals surface area contributed by atoms with Gasteiger partial charge in [0, 0.05) is 38.3 Å². The average Bonchev–Trinajstić information content (AvgIpc) is 2.53. The Hall–Kier alpha value is -2.37. The summed E-state index contributed by atoms with van der Waals surface area (Å²) < 4.78 is 0. The van der Waals surface area contributed by atoms with Crippen molar-refractivity contribution in [1.82, 2.24) is 9.80 Å². The molecule has 1 aliphatic rings. The van der Waals surface area contributed by atoms with Gasteiger partial charge in [-0.15, -0.1) is 0 Å². The zero-order chi connectivity index (χ0) is 16.3. The second kappa shape index (κ2) is 6.60. The second-order valence-corrected chi connectivity index (χ2v) is 5.68. The van der Waals surface area contributed by atoms with Gasteiger partial charge in [0.2, 0.25) is 0 Å². The molecule has 0 spiro atoms. The fraction of sp³-hybridized carbons (Fsp3) is 0.438. The van der Waals surface area contributed by atoms with Crippen molar-refractivity contribution < 1.29 is 19.5 Å². The van der Waals surface area contributed by atoms with Crippen LogP contribution in [0, 0.1) is 5.92 Å². The molecule has 0 unspecified atom stereocenters. The molecule has 1 aliphatic heterocycles. The van der Waals surface area contributed by atoms with E-state index in [1.807, 2.05) is 0 Å². The van der Waals surface area contributed by atoms with Crippen molar-refractivity contribution in [2.45, 2.75) is 12.8 Å². The number of carboxylic acid groups (broad SMARTS) is 1. The van der Waals surface area contributed by atoms with Crippen LogP contribution in [-0.2, 0) is 4.79 Å². The summed E-state index contributed by atoms with van der Waals surface area (Å²) in [5.41, 5.74) is 1.05. The van der Waals surface area contributed by atoms with E-state index >= 15 is 0 Å². The van der Waals surface area contributed by atoms with Gasteiger partial charge in [-0.3, -0.25) is 14.4 Å². The number of rotatable bonds is 3. The molecule has 1 heterocycles. The van der Waals surface area contributed by atoms with Crippen molar-refractivity contribution in [2.75, 3.05) is 27.2 Å². The highest BCUT2D eigenvalue weighted by Crippen LogP contribution is 2.19. The lowest BCUT2D eigenvalue weighted by atomic mass is 9.96. The van der Waals surface area contributed by atoms with Gasteiger partial charge < -0.3 is 14.9 Å². The number of carbonyl (C=O) groups is 3. The zero-order valence-electron chi connectivity index (χ0n) is 12.8. The van der Waals surface area contributed by atoms with Crippen LogP contribution >= 0.6 is 0 Å². The van der Waals surface area contributed by atoms with E-state index in [0.717, 1.165) is 0 Å². The van der Waals surface area contributed by atoms with Gasteiger partial charge in [0.05, 0.1) is 5.92 Å². The van der Waals surface area contributed by atoms with Gasteiger partial charge in [0.15, 0.2) is 0 Å². The number of nitrogens with zero attached hydrogens (tertiary/aromatic N) is 2. The van der Waals surface area contributed by atoms with E-state index < -0.39 is 5.97 Å². The van der Waals surface area contributed by atoms with Gasteiger partial charge in [-0.2, -0.15) is 0 Å². The molecule has 1 saturated heterocycles. The molecule has 22 heavy (non-hydrogen) atoms. The van der Waals surface area contributed by atoms with Crippen LogP contribution in [0.15, 0.2) is 24.3 Å². The number of carboxylic acids is 1. The molecule has 6 nitrogen and oxygen atoms in total. The van der Waals surface area contributed by atoms with E-state index in [1.54, 1.807) is 43.3 Å². The Bertz CT molecular complexity index is 572. The molecule has 0 aromatic heterocycles. The Labute approximate surface area is 129 Å². The smallest absolute Gasteiger partial charge is 0.306 e. The Morgan fingerprint density at radius 2 is 1.55 bits per heavy atom. The molecule has 118 valence electrons. The Kier molecular flexibility index (Phi) is 4.80. The van der Waals surface area contributed by atoms with Crippen molar-refractivity contribution >= 4 is 17.8 Å². The van der Waals surface area contributed by atoms with E-state index in [0.29, 0.717) is 37.1 Å². The maximum absolute atomic E-state index is 12.4. The van der Waals surface area contributed by atoms with Gasteiger partial charge in [-0.1, -0.05) is 0 Å². The highest BCUT2D eigenvalue weighted by Gasteiger charge is 2.27. The molecule has 1 N–H and O–H groups in total. The van der Waals surface area contributed by atoms with Crippen LogP contribution in [-0.4, -0.2) is 59.9 Å². The highest BCUT2D eigenvalue weighted by molar-refractivity contribution is 5.97. The predicted octanol–water partition coefficient (Wildman–Crippen LogP) is 1.33. The maximum Gasteiger partial charge on any atom is 0.306 e. The minimum Gasteiger partial charge on any atom is -0.481 e. The third-order valence-electron chi connectivity index (χ3n) is 3.92. The van der Waals surface area contributed by atoms with E-state index in [9.17, 15) is 14.4 Å². The molecule has 6 heteroatoms. The molecule has 2 amide bonds. The summed E-state index contributed by atoms with van der Waals surface area (Å²) in [5.74, 6) is -1.38. The lowest BCUT2D eigenvalue weighted by Gasteiger charge is -2.30. The quantitative estimate of drug-likeness (QED) is 0.913.